The molecule has 0 atom stereocenters. The van der Waals surface area contributed by atoms with E-state index in [2.05, 4.69) is 34.3 Å². The number of nitrogens with one attached hydrogen (secondary N) is 1. The van der Waals surface area contributed by atoms with E-state index in [1.807, 2.05) is 6.07 Å². The average molecular weight is 396 g/mol. The van der Waals surface area contributed by atoms with Crippen LogP contribution in [-0.2, 0) is 4.79 Å². The van der Waals surface area contributed by atoms with Crippen LogP contribution in [0.1, 0.15) is 28.8 Å². The smallest absolute Gasteiger partial charge is 0.314 e. The van der Waals surface area contributed by atoms with Gasteiger partial charge in [-0.25, -0.2) is 9.97 Å². The number of nitrogens with zero attached hydrogens (tertiary/aromatic N) is 3. The predicted molar refractivity (Wildman–Crippen MR) is 109 cm³/mol. The molecule has 3 aromatic rings. The van der Waals surface area contributed by atoms with Crippen LogP contribution in [0.2, 0.25) is 0 Å². The van der Waals surface area contributed by atoms with Crippen molar-refractivity contribution in [2.75, 3.05) is 12.5 Å². The van der Waals surface area contributed by atoms with Crippen molar-refractivity contribution >= 4 is 39.6 Å². The Morgan fingerprint density at radius 3 is 2.86 bits per heavy atom. The summed E-state index contributed by atoms with van der Waals surface area (Å²) in [4.78, 5) is 22.6. The highest BCUT2D eigenvalue weighted by Crippen LogP contribution is 2.34. The fourth-order valence-corrected chi connectivity index (χ4v) is 3.79. The maximum atomic E-state index is 11.9. The molecule has 0 unspecified atom stereocenters. The molecule has 0 saturated heterocycles. The molecule has 1 saturated carbocycles. The average Bonchev–Trinajstić information content (AvgIpc) is 3.50. The molecule has 2 aromatic heterocycles. The number of anilines is 1. The molecular weight excluding hydrogens is 376 g/mol. The SMILES string of the molecule is COc1cc(/C=N\Nc2ncnc3sc(C)c(C)c23)ccc1OC(=O)C1CC1. The Labute approximate surface area is 166 Å². The van der Waals surface area contributed by atoms with Crippen LogP contribution in [-0.4, -0.2) is 29.3 Å². The Balaban J connectivity index is 1.51. The van der Waals surface area contributed by atoms with Crippen molar-refractivity contribution in [3.8, 4) is 11.5 Å². The van der Waals surface area contributed by atoms with E-state index in [1.54, 1.807) is 36.8 Å². The van der Waals surface area contributed by atoms with Crippen molar-refractivity contribution in [1.82, 2.24) is 9.97 Å². The molecule has 28 heavy (non-hydrogen) atoms. The van der Waals surface area contributed by atoms with E-state index >= 15 is 0 Å². The van der Waals surface area contributed by atoms with E-state index < -0.39 is 0 Å². The van der Waals surface area contributed by atoms with Crippen LogP contribution in [0, 0.1) is 19.8 Å². The number of aromatic nitrogens is 2. The number of rotatable bonds is 6. The molecule has 1 aliphatic carbocycles. The van der Waals surface area contributed by atoms with Crippen molar-refractivity contribution in [2.24, 2.45) is 11.0 Å². The van der Waals surface area contributed by atoms with Crippen LogP contribution in [0.15, 0.2) is 29.6 Å². The minimum atomic E-state index is -0.199. The number of carbonyl (C=O) groups excluding carboxylic acids is 1. The third kappa shape index (κ3) is 3.68. The van der Waals surface area contributed by atoms with Gasteiger partial charge in [-0.15, -0.1) is 11.3 Å². The summed E-state index contributed by atoms with van der Waals surface area (Å²) in [7, 11) is 1.54. The molecule has 1 aliphatic rings. The summed E-state index contributed by atoms with van der Waals surface area (Å²) < 4.78 is 10.8. The third-order valence-corrected chi connectivity index (χ3v) is 5.77. The molecule has 1 aromatic carbocycles. The zero-order chi connectivity index (χ0) is 19.7. The molecule has 7 nitrogen and oxygen atoms in total. The normalized spacial score (nSPS) is 13.8. The Bertz CT molecular complexity index is 1070. The molecule has 144 valence electrons. The number of hydrogen-bond donors (Lipinski definition) is 1. The number of benzene rings is 1. The predicted octanol–water partition coefficient (Wildman–Crippen LogP) is 4.08. The second kappa shape index (κ2) is 7.55. The first-order valence-corrected chi connectivity index (χ1v) is 9.78. The van der Waals surface area contributed by atoms with Gasteiger partial charge in [-0.05, 0) is 56.0 Å². The van der Waals surface area contributed by atoms with E-state index in [1.165, 1.54) is 11.2 Å². The standard InChI is InChI=1S/C20H20N4O3S/c1-11-12(2)28-19-17(11)18(21-10-22-19)24-23-9-13-4-7-15(16(8-13)26-3)27-20(25)14-5-6-14/h4,7-10,14H,5-6H2,1-3H3,(H,21,22,24)/b23-9-. The number of hydrogen-bond acceptors (Lipinski definition) is 8. The second-order valence-electron chi connectivity index (χ2n) is 6.66. The highest BCUT2D eigenvalue weighted by molar-refractivity contribution is 7.18. The summed E-state index contributed by atoms with van der Waals surface area (Å²) in [5.41, 5.74) is 4.96. The van der Waals surface area contributed by atoms with Crippen molar-refractivity contribution in [3.63, 3.8) is 0 Å². The number of hydrazone groups is 1. The number of ether oxygens (including phenoxy) is 2. The monoisotopic (exact) mass is 396 g/mol. The lowest BCUT2D eigenvalue weighted by atomic mass is 10.2. The summed E-state index contributed by atoms with van der Waals surface area (Å²) in [5, 5.41) is 5.28. The van der Waals surface area contributed by atoms with Crippen molar-refractivity contribution < 1.29 is 14.3 Å². The molecular formula is C20H20N4O3S. The molecule has 2 heterocycles. The third-order valence-electron chi connectivity index (χ3n) is 4.66. The van der Waals surface area contributed by atoms with Crippen LogP contribution in [0.25, 0.3) is 10.2 Å². The van der Waals surface area contributed by atoms with Gasteiger partial charge in [-0.3, -0.25) is 10.2 Å². The molecule has 0 radical (unpaired) electrons. The van der Waals surface area contributed by atoms with Gasteiger partial charge in [0.05, 0.1) is 24.6 Å². The Hall–Kier alpha value is -3.00. The lowest BCUT2D eigenvalue weighted by molar-refractivity contribution is -0.135. The first-order chi connectivity index (χ1) is 13.6. The number of esters is 1. The van der Waals surface area contributed by atoms with Crippen LogP contribution in [0.5, 0.6) is 11.5 Å². The van der Waals surface area contributed by atoms with Crippen LogP contribution >= 0.6 is 11.3 Å². The second-order valence-corrected chi connectivity index (χ2v) is 7.86. The summed E-state index contributed by atoms with van der Waals surface area (Å²) in [6.07, 6.45) is 4.99. The molecule has 0 bridgehead atoms. The molecule has 1 fully saturated rings. The number of fused-ring (bicyclic) bond motifs is 1. The molecule has 1 N–H and O–H groups in total. The Morgan fingerprint density at radius 1 is 1.29 bits per heavy atom. The highest BCUT2D eigenvalue weighted by Gasteiger charge is 2.32. The zero-order valence-corrected chi connectivity index (χ0v) is 16.7. The lowest BCUT2D eigenvalue weighted by Gasteiger charge is -2.09. The van der Waals surface area contributed by atoms with Gasteiger partial charge < -0.3 is 9.47 Å². The topological polar surface area (TPSA) is 85.7 Å². The lowest BCUT2D eigenvalue weighted by Crippen LogP contribution is -2.10. The Morgan fingerprint density at radius 2 is 2.11 bits per heavy atom. The summed E-state index contributed by atoms with van der Waals surface area (Å²) >= 11 is 1.64. The molecule has 0 spiro atoms. The molecule has 4 rings (SSSR count). The van der Waals surface area contributed by atoms with Gasteiger partial charge in [0, 0.05) is 4.88 Å². The van der Waals surface area contributed by atoms with Gasteiger partial charge in [-0.1, -0.05) is 0 Å². The van der Waals surface area contributed by atoms with E-state index in [-0.39, 0.29) is 11.9 Å². The van der Waals surface area contributed by atoms with Crippen molar-refractivity contribution in [1.29, 1.82) is 0 Å². The van der Waals surface area contributed by atoms with Gasteiger partial charge >= 0.3 is 5.97 Å². The van der Waals surface area contributed by atoms with Gasteiger partial charge in [-0.2, -0.15) is 5.10 Å². The van der Waals surface area contributed by atoms with Gasteiger partial charge in [0.1, 0.15) is 11.2 Å². The first kappa shape index (κ1) is 18.4. The van der Waals surface area contributed by atoms with Gasteiger partial charge in [0.2, 0.25) is 0 Å². The van der Waals surface area contributed by atoms with E-state index in [0.29, 0.717) is 17.3 Å². The van der Waals surface area contributed by atoms with Gasteiger partial charge in [0.25, 0.3) is 0 Å². The minimum absolute atomic E-state index is 0.0315. The fourth-order valence-electron chi connectivity index (χ4n) is 2.79. The molecule has 0 aliphatic heterocycles. The number of aryl methyl sites for hydroxylation is 2. The quantitative estimate of drug-likeness (QED) is 0.292. The van der Waals surface area contributed by atoms with E-state index in [4.69, 9.17) is 9.47 Å². The van der Waals surface area contributed by atoms with Crippen LogP contribution < -0.4 is 14.9 Å². The Kier molecular flexibility index (Phi) is 4.95. The largest absolute Gasteiger partial charge is 0.493 e. The number of thiophene rings is 1. The molecule has 0 amide bonds. The maximum absolute atomic E-state index is 11.9. The van der Waals surface area contributed by atoms with Crippen molar-refractivity contribution in [2.45, 2.75) is 26.7 Å². The fraction of sp³-hybridized carbons (Fsp3) is 0.300. The van der Waals surface area contributed by atoms with E-state index in [0.717, 1.165) is 34.2 Å². The first-order valence-electron chi connectivity index (χ1n) is 8.96. The van der Waals surface area contributed by atoms with Gasteiger partial charge in [0.15, 0.2) is 17.3 Å². The van der Waals surface area contributed by atoms with Crippen LogP contribution in [0.4, 0.5) is 5.82 Å². The number of carbonyl (C=O) groups is 1. The molecule has 8 heteroatoms. The maximum Gasteiger partial charge on any atom is 0.314 e. The summed E-state index contributed by atoms with van der Waals surface area (Å²) in [5.74, 6) is 1.42. The zero-order valence-electron chi connectivity index (χ0n) is 15.9. The minimum Gasteiger partial charge on any atom is -0.493 e. The summed E-state index contributed by atoms with van der Waals surface area (Å²) in [6.45, 7) is 4.12. The summed E-state index contributed by atoms with van der Waals surface area (Å²) in [6, 6.07) is 5.31. The van der Waals surface area contributed by atoms with E-state index in [9.17, 15) is 4.79 Å². The number of methoxy groups -OCH3 is 1. The van der Waals surface area contributed by atoms with Crippen molar-refractivity contribution in [3.05, 3.63) is 40.5 Å². The highest BCUT2D eigenvalue weighted by atomic mass is 32.1. The van der Waals surface area contributed by atoms with Crippen LogP contribution in [0.3, 0.4) is 0 Å².